The number of phosphoric ester groups is 1. The molecular weight excluding hydrogens is 305 g/mol. The van der Waals surface area contributed by atoms with Crippen molar-refractivity contribution in [1.82, 2.24) is 4.90 Å². The van der Waals surface area contributed by atoms with Crippen molar-refractivity contribution in [1.29, 1.82) is 0 Å². The van der Waals surface area contributed by atoms with E-state index < -0.39 is 13.4 Å². The van der Waals surface area contributed by atoms with Gasteiger partial charge in [0.25, 0.3) is 0 Å². The molecule has 0 saturated carbocycles. The second-order valence-electron chi connectivity index (χ2n) is 5.72. The summed E-state index contributed by atoms with van der Waals surface area (Å²) in [5, 5.41) is 0. The molecule has 0 amide bonds. The molecule has 2 N–H and O–H groups in total. The van der Waals surface area contributed by atoms with Crippen molar-refractivity contribution in [2.24, 2.45) is 5.92 Å². The lowest BCUT2D eigenvalue weighted by Gasteiger charge is -2.39. The van der Waals surface area contributed by atoms with Crippen molar-refractivity contribution in [3.8, 4) is 5.75 Å². The fourth-order valence-electron chi connectivity index (χ4n) is 2.84. The summed E-state index contributed by atoms with van der Waals surface area (Å²) < 4.78 is 22.1. The van der Waals surface area contributed by atoms with Crippen LogP contribution >= 0.6 is 7.82 Å². The number of ether oxygens (including phenoxy) is 1. The molecule has 0 spiro atoms. The van der Waals surface area contributed by atoms with E-state index in [1.54, 1.807) is 25.3 Å². The second-order valence-corrected chi connectivity index (χ2v) is 6.88. The predicted molar refractivity (Wildman–Crippen MR) is 85.8 cm³/mol. The van der Waals surface area contributed by atoms with E-state index in [0.29, 0.717) is 24.3 Å². The minimum absolute atomic E-state index is 0.132. The van der Waals surface area contributed by atoms with Gasteiger partial charge >= 0.3 is 7.82 Å². The van der Waals surface area contributed by atoms with Crippen molar-refractivity contribution < 1.29 is 23.6 Å². The highest BCUT2D eigenvalue weighted by atomic mass is 31.2. The van der Waals surface area contributed by atoms with E-state index in [4.69, 9.17) is 9.26 Å². The normalized spacial score (nSPS) is 16.4. The van der Waals surface area contributed by atoms with Crippen LogP contribution in [-0.4, -0.2) is 42.4 Å². The molecule has 2 atom stereocenters. The molecule has 6 nitrogen and oxygen atoms in total. The number of nitrogens with zero attached hydrogens (tertiary/aromatic N) is 1. The quantitative estimate of drug-likeness (QED) is 0.713. The van der Waals surface area contributed by atoms with E-state index in [1.807, 2.05) is 38.9 Å². The lowest BCUT2D eigenvalue weighted by Crippen LogP contribution is -2.40. The van der Waals surface area contributed by atoms with Gasteiger partial charge in [0.2, 0.25) is 0 Å². The molecular formula is C15H26NO5P. The predicted octanol–water partition coefficient (Wildman–Crippen LogP) is 2.61. The molecule has 126 valence electrons. The Bertz CT molecular complexity index is 530. The van der Waals surface area contributed by atoms with Gasteiger partial charge in [0.15, 0.2) is 0 Å². The molecule has 0 aromatic heterocycles. The van der Waals surface area contributed by atoms with Crippen LogP contribution in [0.5, 0.6) is 5.75 Å². The Kier molecular flexibility index (Phi) is 6.59. The zero-order valence-corrected chi connectivity index (χ0v) is 14.7. The number of benzene rings is 1. The summed E-state index contributed by atoms with van der Waals surface area (Å²) in [5.74, 6) is 0.494. The average Bonchev–Trinajstić information content (AvgIpc) is 2.43. The van der Waals surface area contributed by atoms with Crippen LogP contribution in [-0.2, 0) is 14.7 Å². The topological polar surface area (TPSA) is 79.2 Å². The van der Waals surface area contributed by atoms with Gasteiger partial charge in [-0.15, -0.1) is 0 Å². The first-order chi connectivity index (χ1) is 10.1. The van der Waals surface area contributed by atoms with Crippen LogP contribution in [0.3, 0.4) is 0 Å². The molecule has 0 heterocycles. The maximum Gasteiger partial charge on any atom is 0.470 e. The Morgan fingerprint density at radius 2 is 2.00 bits per heavy atom. The van der Waals surface area contributed by atoms with Crippen LogP contribution < -0.4 is 4.74 Å². The largest absolute Gasteiger partial charge is 0.497 e. The van der Waals surface area contributed by atoms with E-state index in [1.165, 1.54) is 0 Å². The molecule has 1 aromatic rings. The van der Waals surface area contributed by atoms with Gasteiger partial charge in [-0.3, -0.25) is 4.52 Å². The molecule has 0 aliphatic carbocycles. The van der Waals surface area contributed by atoms with E-state index in [-0.39, 0.29) is 5.92 Å². The number of phosphoric acid groups is 1. The van der Waals surface area contributed by atoms with E-state index >= 15 is 0 Å². The van der Waals surface area contributed by atoms with Gasteiger partial charge in [0.1, 0.15) is 11.4 Å². The fraction of sp³-hybridized carbons (Fsp3) is 0.600. The Hall–Kier alpha value is -0.910. The minimum Gasteiger partial charge on any atom is -0.497 e. The van der Waals surface area contributed by atoms with Crippen LogP contribution in [0, 0.1) is 5.92 Å². The standard InChI is InChI=1S/C15H26NO5P/c1-6-15(21-22(17,18)19,12(2)11-16(3)4)13-8-7-9-14(10-13)20-5/h7-10,12H,6,11H2,1-5H3,(H2,17,18,19)/t12-,15+/m0/s1. The number of hydrogen-bond donors (Lipinski definition) is 2. The van der Waals surface area contributed by atoms with E-state index in [9.17, 15) is 14.4 Å². The van der Waals surface area contributed by atoms with Gasteiger partial charge < -0.3 is 19.4 Å². The highest BCUT2D eigenvalue weighted by Crippen LogP contribution is 2.51. The summed E-state index contributed by atoms with van der Waals surface area (Å²) in [6.45, 7) is 4.42. The van der Waals surface area contributed by atoms with Crippen molar-refractivity contribution in [3.63, 3.8) is 0 Å². The Balaban J connectivity index is 3.37. The molecule has 0 radical (unpaired) electrons. The SMILES string of the molecule is CC[C@](OP(=O)(O)O)(c1cccc(OC)c1)[C@@H](C)CN(C)C. The van der Waals surface area contributed by atoms with Gasteiger partial charge in [-0.2, -0.15) is 0 Å². The maximum absolute atomic E-state index is 11.6. The fourth-order valence-corrected chi connectivity index (χ4v) is 3.68. The molecule has 22 heavy (non-hydrogen) atoms. The molecule has 0 saturated heterocycles. The van der Waals surface area contributed by atoms with Crippen molar-refractivity contribution in [3.05, 3.63) is 29.8 Å². The summed E-state index contributed by atoms with van der Waals surface area (Å²) in [6.07, 6.45) is 0.431. The summed E-state index contributed by atoms with van der Waals surface area (Å²) in [5.41, 5.74) is -0.385. The van der Waals surface area contributed by atoms with Gasteiger partial charge in [-0.1, -0.05) is 26.0 Å². The van der Waals surface area contributed by atoms with Gasteiger partial charge in [0.05, 0.1) is 7.11 Å². The summed E-state index contributed by atoms with van der Waals surface area (Å²) in [6, 6.07) is 7.17. The first-order valence-corrected chi connectivity index (χ1v) is 8.73. The van der Waals surface area contributed by atoms with Crippen molar-refractivity contribution in [2.75, 3.05) is 27.7 Å². The van der Waals surface area contributed by atoms with Gasteiger partial charge in [-0.05, 0) is 38.2 Å². The average molecular weight is 331 g/mol. The second kappa shape index (κ2) is 7.57. The molecule has 7 heteroatoms. The lowest BCUT2D eigenvalue weighted by atomic mass is 9.80. The molecule has 0 aliphatic heterocycles. The number of rotatable bonds is 8. The minimum atomic E-state index is -4.65. The van der Waals surface area contributed by atoms with Crippen LogP contribution in [0.4, 0.5) is 0 Å². The number of hydrogen-bond acceptors (Lipinski definition) is 4. The molecule has 0 fully saturated rings. The van der Waals surface area contributed by atoms with Gasteiger partial charge in [0, 0.05) is 12.5 Å². The van der Waals surface area contributed by atoms with Crippen LogP contribution in [0.2, 0.25) is 0 Å². The molecule has 1 rings (SSSR count). The first-order valence-electron chi connectivity index (χ1n) is 7.20. The smallest absolute Gasteiger partial charge is 0.470 e. The lowest BCUT2D eigenvalue weighted by molar-refractivity contribution is -0.0268. The van der Waals surface area contributed by atoms with Crippen LogP contribution in [0.1, 0.15) is 25.8 Å². The Morgan fingerprint density at radius 1 is 1.36 bits per heavy atom. The van der Waals surface area contributed by atoms with Gasteiger partial charge in [-0.25, -0.2) is 4.57 Å². The highest BCUT2D eigenvalue weighted by molar-refractivity contribution is 7.46. The molecule has 0 bridgehead atoms. The summed E-state index contributed by atoms with van der Waals surface area (Å²) >= 11 is 0. The molecule has 0 aliphatic rings. The molecule has 0 unspecified atom stereocenters. The maximum atomic E-state index is 11.6. The van der Waals surface area contributed by atoms with Crippen LogP contribution in [0.15, 0.2) is 24.3 Å². The third-order valence-electron chi connectivity index (χ3n) is 3.80. The first kappa shape index (κ1) is 19.1. The molecule has 1 aromatic carbocycles. The zero-order chi connectivity index (χ0) is 17.0. The van der Waals surface area contributed by atoms with E-state index in [2.05, 4.69) is 0 Å². The third-order valence-corrected chi connectivity index (χ3v) is 4.36. The highest BCUT2D eigenvalue weighted by Gasteiger charge is 2.43. The summed E-state index contributed by atoms with van der Waals surface area (Å²) in [4.78, 5) is 20.8. The monoisotopic (exact) mass is 331 g/mol. The van der Waals surface area contributed by atoms with Crippen LogP contribution in [0.25, 0.3) is 0 Å². The Labute approximate surface area is 132 Å². The zero-order valence-electron chi connectivity index (χ0n) is 13.8. The number of methoxy groups -OCH3 is 1. The van der Waals surface area contributed by atoms with Crippen molar-refractivity contribution >= 4 is 7.82 Å². The van der Waals surface area contributed by atoms with Crippen molar-refractivity contribution in [2.45, 2.75) is 25.9 Å². The third kappa shape index (κ3) is 4.80. The summed E-state index contributed by atoms with van der Waals surface area (Å²) in [7, 11) is 0.739. The van der Waals surface area contributed by atoms with E-state index in [0.717, 1.165) is 0 Å². The Morgan fingerprint density at radius 3 is 2.45 bits per heavy atom.